The number of imidazole rings is 1. The SMILES string of the molecule is Cc1ccc(O)c(Cn2c(NCCc3c[nH]c4ccccc34)nc3ccccc32)n1. The molecule has 3 N–H and O–H groups in total. The Morgan fingerprint density at radius 1 is 1.00 bits per heavy atom. The van der Waals surface area contributed by atoms with E-state index in [9.17, 15) is 5.11 Å². The number of para-hydroxylation sites is 3. The van der Waals surface area contributed by atoms with Gasteiger partial charge in [0.15, 0.2) is 0 Å². The highest BCUT2D eigenvalue weighted by molar-refractivity contribution is 5.83. The highest BCUT2D eigenvalue weighted by Crippen LogP contribution is 2.24. The normalized spacial score (nSPS) is 11.4. The molecule has 0 saturated carbocycles. The van der Waals surface area contributed by atoms with E-state index in [0.29, 0.717) is 12.2 Å². The largest absolute Gasteiger partial charge is 0.506 e. The van der Waals surface area contributed by atoms with Crippen molar-refractivity contribution in [2.75, 3.05) is 11.9 Å². The summed E-state index contributed by atoms with van der Waals surface area (Å²) in [5.74, 6) is 0.974. The number of aromatic nitrogens is 4. The van der Waals surface area contributed by atoms with Crippen LogP contribution < -0.4 is 5.32 Å². The van der Waals surface area contributed by atoms with E-state index in [1.807, 2.05) is 43.3 Å². The van der Waals surface area contributed by atoms with E-state index in [4.69, 9.17) is 4.98 Å². The van der Waals surface area contributed by atoms with Gasteiger partial charge in [-0.3, -0.25) is 4.98 Å². The van der Waals surface area contributed by atoms with Gasteiger partial charge < -0.3 is 20.0 Å². The second-order valence-corrected chi connectivity index (χ2v) is 7.46. The van der Waals surface area contributed by atoms with Gasteiger partial charge in [0.2, 0.25) is 5.95 Å². The lowest BCUT2D eigenvalue weighted by atomic mass is 10.1. The first-order valence-electron chi connectivity index (χ1n) is 10.1. The molecule has 0 fully saturated rings. The van der Waals surface area contributed by atoms with E-state index in [1.54, 1.807) is 6.07 Å². The predicted octanol–water partition coefficient (Wildman–Crippen LogP) is 4.63. The Labute approximate surface area is 174 Å². The molecule has 3 aromatic heterocycles. The van der Waals surface area contributed by atoms with E-state index < -0.39 is 0 Å². The van der Waals surface area contributed by atoms with Gasteiger partial charge in [0.25, 0.3) is 0 Å². The highest BCUT2D eigenvalue weighted by Gasteiger charge is 2.14. The Hall–Kier alpha value is -3.80. The maximum atomic E-state index is 10.3. The lowest BCUT2D eigenvalue weighted by molar-refractivity contribution is 0.461. The number of nitrogens with one attached hydrogen (secondary N) is 2. The molecule has 0 aliphatic carbocycles. The fourth-order valence-electron chi connectivity index (χ4n) is 3.89. The number of pyridine rings is 1. The Balaban J connectivity index is 1.42. The number of aromatic amines is 1. The molecule has 0 saturated heterocycles. The summed E-state index contributed by atoms with van der Waals surface area (Å²) in [4.78, 5) is 12.6. The summed E-state index contributed by atoms with van der Waals surface area (Å²) in [6.45, 7) is 3.12. The summed E-state index contributed by atoms with van der Waals surface area (Å²) in [5.41, 5.74) is 5.87. The van der Waals surface area contributed by atoms with Gasteiger partial charge in [-0.05, 0) is 49.2 Å². The molecule has 0 amide bonds. The van der Waals surface area contributed by atoms with Crippen LogP contribution in [0.5, 0.6) is 5.75 Å². The summed E-state index contributed by atoms with van der Waals surface area (Å²) in [7, 11) is 0. The number of fused-ring (bicyclic) bond motifs is 2. The fraction of sp³-hybridized carbons (Fsp3) is 0.167. The van der Waals surface area contributed by atoms with Crippen molar-refractivity contribution in [2.45, 2.75) is 19.9 Å². The number of aromatic hydroxyl groups is 1. The van der Waals surface area contributed by atoms with Crippen molar-refractivity contribution in [3.8, 4) is 5.75 Å². The van der Waals surface area contributed by atoms with Crippen molar-refractivity contribution >= 4 is 27.9 Å². The zero-order valence-electron chi connectivity index (χ0n) is 16.8. The topological polar surface area (TPSA) is 78.8 Å². The molecule has 150 valence electrons. The van der Waals surface area contributed by atoms with E-state index in [1.165, 1.54) is 10.9 Å². The molecule has 0 aliphatic heterocycles. The lowest BCUT2D eigenvalue weighted by Gasteiger charge is -2.12. The van der Waals surface area contributed by atoms with E-state index in [-0.39, 0.29) is 5.75 Å². The first-order chi connectivity index (χ1) is 14.7. The van der Waals surface area contributed by atoms with Crippen LogP contribution in [0.25, 0.3) is 21.9 Å². The average molecular weight is 397 g/mol. The Kier molecular flexibility index (Phi) is 4.59. The van der Waals surface area contributed by atoms with Crippen molar-refractivity contribution in [1.29, 1.82) is 0 Å². The van der Waals surface area contributed by atoms with Crippen molar-refractivity contribution < 1.29 is 5.11 Å². The average Bonchev–Trinajstić information content (AvgIpc) is 3.33. The molecule has 5 rings (SSSR count). The summed E-state index contributed by atoms with van der Waals surface area (Å²) in [6, 6.07) is 19.9. The molecular formula is C24H23N5O. The monoisotopic (exact) mass is 397 g/mol. The van der Waals surface area contributed by atoms with Crippen LogP contribution in [0.4, 0.5) is 5.95 Å². The second-order valence-electron chi connectivity index (χ2n) is 7.46. The molecule has 5 aromatic rings. The van der Waals surface area contributed by atoms with Crippen LogP contribution in [-0.4, -0.2) is 31.2 Å². The minimum absolute atomic E-state index is 0.197. The number of hydrogen-bond donors (Lipinski definition) is 3. The van der Waals surface area contributed by atoms with Gasteiger partial charge in [-0.1, -0.05) is 30.3 Å². The number of benzene rings is 2. The Morgan fingerprint density at radius 3 is 2.77 bits per heavy atom. The van der Waals surface area contributed by atoms with Crippen molar-refractivity contribution in [3.63, 3.8) is 0 Å². The number of aryl methyl sites for hydroxylation is 1. The minimum atomic E-state index is 0.197. The summed E-state index contributed by atoms with van der Waals surface area (Å²) < 4.78 is 2.08. The smallest absolute Gasteiger partial charge is 0.204 e. The van der Waals surface area contributed by atoms with Gasteiger partial charge in [-0.25, -0.2) is 4.98 Å². The van der Waals surface area contributed by atoms with Crippen LogP contribution in [-0.2, 0) is 13.0 Å². The maximum Gasteiger partial charge on any atom is 0.204 e. The summed E-state index contributed by atoms with van der Waals surface area (Å²) >= 11 is 0. The number of H-pyrrole nitrogens is 1. The van der Waals surface area contributed by atoms with Crippen LogP contribution in [0.3, 0.4) is 0 Å². The maximum absolute atomic E-state index is 10.3. The van der Waals surface area contributed by atoms with Crippen molar-refractivity contribution in [1.82, 2.24) is 19.5 Å². The van der Waals surface area contributed by atoms with Crippen LogP contribution in [0.15, 0.2) is 66.9 Å². The molecule has 0 bridgehead atoms. The van der Waals surface area contributed by atoms with Gasteiger partial charge in [0, 0.05) is 29.3 Å². The van der Waals surface area contributed by atoms with Crippen molar-refractivity contribution in [3.05, 3.63) is 83.8 Å². The molecule has 0 radical (unpaired) electrons. The van der Waals surface area contributed by atoms with Gasteiger partial charge in [0.05, 0.1) is 17.6 Å². The number of nitrogens with zero attached hydrogens (tertiary/aromatic N) is 3. The molecular weight excluding hydrogens is 374 g/mol. The first-order valence-corrected chi connectivity index (χ1v) is 10.1. The number of rotatable bonds is 6. The fourth-order valence-corrected chi connectivity index (χ4v) is 3.89. The number of anilines is 1. The van der Waals surface area contributed by atoms with E-state index >= 15 is 0 Å². The van der Waals surface area contributed by atoms with E-state index in [0.717, 1.165) is 41.2 Å². The van der Waals surface area contributed by atoms with Gasteiger partial charge in [-0.2, -0.15) is 0 Å². The molecule has 3 heterocycles. The van der Waals surface area contributed by atoms with Crippen LogP contribution >= 0.6 is 0 Å². The minimum Gasteiger partial charge on any atom is -0.506 e. The Morgan fingerprint density at radius 2 is 1.83 bits per heavy atom. The zero-order valence-corrected chi connectivity index (χ0v) is 16.8. The third kappa shape index (κ3) is 3.37. The third-order valence-corrected chi connectivity index (χ3v) is 5.40. The van der Waals surface area contributed by atoms with Crippen LogP contribution in [0.1, 0.15) is 17.0 Å². The number of hydrogen-bond acceptors (Lipinski definition) is 4. The third-order valence-electron chi connectivity index (χ3n) is 5.40. The van der Waals surface area contributed by atoms with Gasteiger partial charge in [-0.15, -0.1) is 0 Å². The van der Waals surface area contributed by atoms with Gasteiger partial charge in [0.1, 0.15) is 11.4 Å². The van der Waals surface area contributed by atoms with Crippen molar-refractivity contribution in [2.24, 2.45) is 0 Å². The molecule has 0 spiro atoms. The lowest BCUT2D eigenvalue weighted by Crippen LogP contribution is -2.12. The molecule has 2 aromatic carbocycles. The molecule has 0 aliphatic rings. The second kappa shape index (κ2) is 7.55. The molecule has 30 heavy (non-hydrogen) atoms. The van der Waals surface area contributed by atoms with Gasteiger partial charge >= 0.3 is 0 Å². The zero-order chi connectivity index (χ0) is 20.5. The molecule has 6 heteroatoms. The summed E-state index contributed by atoms with van der Waals surface area (Å²) in [5, 5.41) is 15.0. The standard InChI is InChI=1S/C24H23N5O/c1-16-10-11-23(30)21(27-16)15-29-22-9-5-4-8-20(22)28-24(29)25-13-12-17-14-26-19-7-3-2-6-18(17)19/h2-11,14,26,30H,12-13,15H2,1H3,(H,25,28). The van der Waals surface area contributed by atoms with Crippen LogP contribution in [0, 0.1) is 6.92 Å². The summed E-state index contributed by atoms with van der Waals surface area (Å²) in [6.07, 6.45) is 2.95. The van der Waals surface area contributed by atoms with E-state index in [2.05, 4.69) is 44.2 Å². The quantitative estimate of drug-likeness (QED) is 0.390. The first kappa shape index (κ1) is 18.2. The molecule has 6 nitrogen and oxygen atoms in total. The molecule has 0 atom stereocenters. The molecule has 0 unspecified atom stereocenters. The Bertz CT molecular complexity index is 1330. The highest BCUT2D eigenvalue weighted by atomic mass is 16.3. The predicted molar refractivity (Wildman–Crippen MR) is 120 cm³/mol. The van der Waals surface area contributed by atoms with Crippen LogP contribution in [0.2, 0.25) is 0 Å².